The molecule has 1 atom stereocenters. The van der Waals surface area contributed by atoms with Gasteiger partial charge in [-0.2, -0.15) is 0 Å². The van der Waals surface area contributed by atoms with Crippen LogP contribution in [0.2, 0.25) is 5.02 Å². The Labute approximate surface area is 145 Å². The van der Waals surface area contributed by atoms with Crippen LogP contribution in [-0.2, 0) is 11.2 Å². The lowest BCUT2D eigenvalue weighted by Crippen LogP contribution is -2.03. The second kappa shape index (κ2) is 5.75. The van der Waals surface area contributed by atoms with Crippen molar-refractivity contribution >= 4 is 55.1 Å². The summed E-state index contributed by atoms with van der Waals surface area (Å²) in [5, 5.41) is 3.46. The zero-order chi connectivity index (χ0) is 15.1. The monoisotopic (exact) mass is 427 g/mol. The van der Waals surface area contributed by atoms with Crippen LogP contribution in [0.5, 0.6) is 0 Å². The Morgan fingerprint density at radius 3 is 2.71 bits per heavy atom. The van der Waals surface area contributed by atoms with Gasteiger partial charge in [-0.05, 0) is 41.3 Å². The SMILES string of the molecule is Cc1ccc(C(Br)c2cc3c(cc2Cl)NC(=O)C3)c(Br)c1. The molecule has 1 N–H and O–H groups in total. The highest BCUT2D eigenvalue weighted by molar-refractivity contribution is 9.11. The molecule has 0 saturated heterocycles. The van der Waals surface area contributed by atoms with Crippen LogP contribution in [0, 0.1) is 6.92 Å². The van der Waals surface area contributed by atoms with Crippen molar-refractivity contribution in [2.75, 3.05) is 5.32 Å². The molecule has 21 heavy (non-hydrogen) atoms. The molecule has 2 aromatic carbocycles. The minimum Gasteiger partial charge on any atom is -0.325 e. The van der Waals surface area contributed by atoms with E-state index in [1.54, 1.807) is 0 Å². The van der Waals surface area contributed by atoms with Crippen molar-refractivity contribution in [1.82, 2.24) is 0 Å². The fourth-order valence-electron chi connectivity index (χ4n) is 2.47. The largest absolute Gasteiger partial charge is 0.325 e. The molecular weight excluding hydrogens is 417 g/mol. The number of rotatable bonds is 2. The Kier molecular flexibility index (Phi) is 4.12. The summed E-state index contributed by atoms with van der Waals surface area (Å²) in [5.74, 6) is 0.0147. The van der Waals surface area contributed by atoms with Crippen LogP contribution in [0.1, 0.15) is 27.1 Å². The number of benzene rings is 2. The average Bonchev–Trinajstić information content (AvgIpc) is 2.76. The lowest BCUT2D eigenvalue weighted by molar-refractivity contribution is -0.115. The van der Waals surface area contributed by atoms with Gasteiger partial charge in [0.2, 0.25) is 5.91 Å². The maximum atomic E-state index is 11.5. The molecule has 108 valence electrons. The summed E-state index contributed by atoms with van der Waals surface area (Å²) in [6.45, 7) is 2.05. The first-order valence-electron chi connectivity index (χ1n) is 6.48. The van der Waals surface area contributed by atoms with Gasteiger partial charge in [-0.1, -0.05) is 61.7 Å². The van der Waals surface area contributed by atoms with E-state index in [1.165, 1.54) is 5.56 Å². The molecule has 2 aromatic rings. The molecule has 0 aromatic heterocycles. The molecular formula is C16H12Br2ClNO. The first-order valence-corrected chi connectivity index (χ1v) is 8.56. The smallest absolute Gasteiger partial charge is 0.228 e. The summed E-state index contributed by atoms with van der Waals surface area (Å²) in [6.07, 6.45) is 0.411. The lowest BCUT2D eigenvalue weighted by atomic mass is 10.0. The number of carbonyl (C=O) groups excluding carboxylic acids is 1. The number of hydrogen-bond acceptors (Lipinski definition) is 1. The van der Waals surface area contributed by atoms with Gasteiger partial charge in [0.05, 0.1) is 11.2 Å². The third kappa shape index (κ3) is 2.89. The van der Waals surface area contributed by atoms with E-state index < -0.39 is 0 Å². The van der Waals surface area contributed by atoms with E-state index in [0.717, 1.165) is 26.9 Å². The fourth-order valence-corrected chi connectivity index (χ4v) is 4.68. The molecule has 0 saturated carbocycles. The van der Waals surface area contributed by atoms with Gasteiger partial charge in [-0.15, -0.1) is 0 Å². The Morgan fingerprint density at radius 2 is 2.00 bits per heavy atom. The van der Waals surface area contributed by atoms with E-state index in [4.69, 9.17) is 11.6 Å². The number of hydrogen-bond donors (Lipinski definition) is 1. The zero-order valence-electron chi connectivity index (χ0n) is 11.2. The third-order valence-corrected chi connectivity index (χ3v) is 5.55. The summed E-state index contributed by atoms with van der Waals surface area (Å²) in [5.41, 5.74) is 5.08. The number of carbonyl (C=O) groups is 1. The topological polar surface area (TPSA) is 29.1 Å². The highest BCUT2D eigenvalue weighted by atomic mass is 79.9. The molecule has 0 fully saturated rings. The summed E-state index contributed by atoms with van der Waals surface area (Å²) in [4.78, 5) is 11.5. The van der Waals surface area contributed by atoms with Gasteiger partial charge in [-0.3, -0.25) is 4.79 Å². The van der Waals surface area contributed by atoms with Crippen LogP contribution >= 0.6 is 43.5 Å². The zero-order valence-corrected chi connectivity index (χ0v) is 15.1. The van der Waals surface area contributed by atoms with Crippen molar-refractivity contribution in [2.45, 2.75) is 18.2 Å². The Bertz CT molecular complexity index is 745. The third-order valence-electron chi connectivity index (χ3n) is 3.55. The number of anilines is 1. The van der Waals surface area contributed by atoms with Crippen molar-refractivity contribution in [2.24, 2.45) is 0 Å². The second-order valence-corrected chi connectivity index (χ2v) is 7.32. The van der Waals surface area contributed by atoms with Gasteiger partial charge in [0, 0.05) is 15.2 Å². The molecule has 0 bridgehead atoms. The maximum absolute atomic E-state index is 11.5. The van der Waals surface area contributed by atoms with Crippen LogP contribution in [0.4, 0.5) is 5.69 Å². The van der Waals surface area contributed by atoms with Gasteiger partial charge < -0.3 is 5.32 Å². The average molecular weight is 430 g/mol. The van der Waals surface area contributed by atoms with Crippen LogP contribution in [0.15, 0.2) is 34.8 Å². The summed E-state index contributed by atoms with van der Waals surface area (Å²) in [6, 6.07) is 10.1. The highest BCUT2D eigenvalue weighted by Crippen LogP contribution is 2.41. The van der Waals surface area contributed by atoms with E-state index >= 15 is 0 Å². The van der Waals surface area contributed by atoms with Gasteiger partial charge in [0.25, 0.3) is 0 Å². The minimum absolute atomic E-state index is 0.0147. The Morgan fingerprint density at radius 1 is 1.24 bits per heavy atom. The van der Waals surface area contributed by atoms with E-state index in [2.05, 4.69) is 62.3 Å². The van der Waals surface area contributed by atoms with Crippen LogP contribution in [0.25, 0.3) is 0 Å². The van der Waals surface area contributed by atoms with Crippen molar-refractivity contribution in [3.63, 3.8) is 0 Å². The first kappa shape index (κ1) is 15.1. The van der Waals surface area contributed by atoms with Gasteiger partial charge in [0.1, 0.15) is 0 Å². The quantitative estimate of drug-likeness (QED) is 0.637. The Hall–Kier alpha value is -0.840. The number of amides is 1. The van der Waals surface area contributed by atoms with E-state index in [1.807, 2.05) is 12.1 Å². The van der Waals surface area contributed by atoms with E-state index in [-0.39, 0.29) is 10.7 Å². The summed E-state index contributed by atoms with van der Waals surface area (Å²) < 4.78 is 1.04. The minimum atomic E-state index is -0.0269. The van der Waals surface area contributed by atoms with Crippen molar-refractivity contribution in [3.05, 3.63) is 62.1 Å². The van der Waals surface area contributed by atoms with Crippen LogP contribution in [0.3, 0.4) is 0 Å². The summed E-state index contributed by atoms with van der Waals surface area (Å²) >= 11 is 13.7. The number of fused-ring (bicyclic) bond motifs is 1. The van der Waals surface area contributed by atoms with Crippen LogP contribution < -0.4 is 5.32 Å². The molecule has 1 unspecified atom stereocenters. The van der Waals surface area contributed by atoms with Crippen molar-refractivity contribution < 1.29 is 4.79 Å². The van der Waals surface area contributed by atoms with Crippen molar-refractivity contribution in [3.8, 4) is 0 Å². The molecule has 3 rings (SSSR count). The number of nitrogens with one attached hydrogen (secondary N) is 1. The van der Waals surface area contributed by atoms with E-state index in [0.29, 0.717) is 11.4 Å². The molecule has 2 nitrogen and oxygen atoms in total. The second-order valence-electron chi connectivity index (χ2n) is 5.14. The fraction of sp³-hybridized carbons (Fsp3) is 0.188. The lowest BCUT2D eigenvalue weighted by Gasteiger charge is -2.16. The molecule has 0 spiro atoms. The van der Waals surface area contributed by atoms with Gasteiger partial charge >= 0.3 is 0 Å². The first-order chi connectivity index (χ1) is 9.95. The van der Waals surface area contributed by atoms with Gasteiger partial charge in [-0.25, -0.2) is 0 Å². The predicted octanol–water partition coefficient (Wildman–Crippen LogP) is 5.39. The molecule has 1 amide bonds. The molecule has 1 aliphatic rings. The van der Waals surface area contributed by atoms with E-state index in [9.17, 15) is 4.79 Å². The predicted molar refractivity (Wildman–Crippen MR) is 93.4 cm³/mol. The summed E-state index contributed by atoms with van der Waals surface area (Å²) in [7, 11) is 0. The maximum Gasteiger partial charge on any atom is 0.228 e. The van der Waals surface area contributed by atoms with Gasteiger partial charge in [0.15, 0.2) is 0 Å². The standard InChI is InChI=1S/C16H12Br2ClNO/c1-8-2-3-10(12(17)4-8)16(18)11-5-9-6-15(21)20-14(9)7-13(11)19/h2-5,7,16H,6H2,1H3,(H,20,21). The molecule has 0 radical (unpaired) electrons. The molecule has 5 heteroatoms. The van der Waals surface area contributed by atoms with Crippen LogP contribution in [-0.4, -0.2) is 5.91 Å². The molecule has 0 aliphatic carbocycles. The molecule has 1 heterocycles. The number of aryl methyl sites for hydroxylation is 1. The normalized spacial score (nSPS) is 14.8. The Balaban J connectivity index is 2.04. The number of halogens is 3. The molecule has 1 aliphatic heterocycles. The number of alkyl halides is 1. The van der Waals surface area contributed by atoms with Crippen molar-refractivity contribution in [1.29, 1.82) is 0 Å². The highest BCUT2D eigenvalue weighted by Gasteiger charge is 2.23.